The zero-order valence-electron chi connectivity index (χ0n) is 42.7. The zero-order chi connectivity index (χ0) is 47.7. The van der Waals surface area contributed by atoms with E-state index in [0.29, 0.717) is 10.8 Å². The normalized spacial score (nSPS) is 29.7. The summed E-state index contributed by atoms with van der Waals surface area (Å²) >= 11 is -0.826. The SMILES string of the molecule is C[Si]C.[Cl][Zr+2][Cl].c1cc(-c2ccc(C3CCCCC3)cc2)c2cc(CC34CC5CC(CC(C5)C3)C4)[cH-]c2c1.c1cc(-c2ccc(C3CCCCC3)cc2)c2cc(CC34CC5CC(CC(C5)C3)C4)[cH-]c2c1. The second-order valence-electron chi connectivity index (χ2n) is 25.0. The van der Waals surface area contributed by atoms with Crippen LogP contribution in [0.25, 0.3) is 43.8 Å². The van der Waals surface area contributed by atoms with Gasteiger partial charge in [0.05, 0.1) is 0 Å². The minimum atomic E-state index is -0.826. The first-order valence-corrected chi connectivity index (χ1v) is 36.7. The van der Waals surface area contributed by atoms with Gasteiger partial charge in [0, 0.05) is 9.52 Å². The van der Waals surface area contributed by atoms with Crippen LogP contribution in [0.5, 0.6) is 0 Å². The number of halogens is 2. The van der Waals surface area contributed by atoms with Crippen LogP contribution in [0, 0.1) is 46.3 Å². The molecule has 0 spiro atoms. The molecule has 10 aliphatic rings. The van der Waals surface area contributed by atoms with E-state index in [1.54, 1.807) is 60.8 Å². The molecule has 10 saturated carbocycles. The van der Waals surface area contributed by atoms with Gasteiger partial charge in [-0.3, -0.25) is 0 Å². The van der Waals surface area contributed by atoms with Crippen molar-refractivity contribution in [2.24, 2.45) is 46.3 Å². The molecule has 366 valence electrons. The Hall–Kier alpha value is -2.22. The second kappa shape index (κ2) is 22.3. The molecule has 0 atom stereocenters. The molecule has 2 radical (unpaired) electrons. The summed E-state index contributed by atoms with van der Waals surface area (Å²) in [7, 11) is 11.0. The Kier molecular flexibility index (Phi) is 15.9. The number of benzene rings is 4. The molecule has 6 aromatic carbocycles. The standard InChI is InChI=1S/2C32H37.C2H6Si.2ClH.Zr/c2*1-2-5-26(6-3-1)27-9-11-28(12-10-27)30-8-4-7-29-16-25(17-31(29)30)21-32-18-22-13-23(19-32)15-24(14-22)20-32;1-3-2;;;/h2*4,7-12,16-17,22-24,26H,1-3,5-6,13-15,18-21H2;1-2H3;2*1H;/q2*-1;;;;+4/p-2. The largest absolute Gasteiger partial charge is 0.164 e. The molecule has 6 aromatic rings. The number of rotatable bonds is 8. The van der Waals surface area contributed by atoms with Crippen LogP contribution in [0.4, 0.5) is 0 Å². The van der Waals surface area contributed by atoms with Gasteiger partial charge in [0.1, 0.15) is 0 Å². The molecule has 4 heteroatoms. The van der Waals surface area contributed by atoms with E-state index in [9.17, 15) is 0 Å². The van der Waals surface area contributed by atoms with Gasteiger partial charge in [0.2, 0.25) is 0 Å². The third-order valence-electron chi connectivity index (χ3n) is 19.7. The Morgan fingerprint density at radius 2 is 0.786 bits per heavy atom. The van der Waals surface area contributed by atoms with Gasteiger partial charge in [-0.1, -0.05) is 123 Å². The van der Waals surface area contributed by atoms with E-state index in [4.69, 9.17) is 17.0 Å². The van der Waals surface area contributed by atoms with E-state index in [0.717, 1.165) is 56.9 Å². The van der Waals surface area contributed by atoms with Crippen LogP contribution in [-0.4, -0.2) is 9.52 Å². The van der Waals surface area contributed by atoms with Crippen LogP contribution in [0.15, 0.2) is 109 Å². The molecule has 0 saturated heterocycles. The number of fused-ring (bicyclic) bond motifs is 2. The summed E-state index contributed by atoms with van der Waals surface area (Å²) in [5.41, 5.74) is 13.2. The predicted molar refractivity (Wildman–Crippen MR) is 299 cm³/mol. The van der Waals surface area contributed by atoms with Gasteiger partial charge >= 0.3 is 37.9 Å². The van der Waals surface area contributed by atoms with Crippen molar-refractivity contribution in [1.29, 1.82) is 0 Å². The Bertz CT molecular complexity index is 2380. The maximum atomic E-state index is 4.93. The molecule has 0 unspecified atom stereocenters. The minimum absolute atomic E-state index is 0.626. The fourth-order valence-corrected chi connectivity index (χ4v) is 17.9. The molecule has 8 bridgehead atoms. The fraction of sp³-hybridized carbons (Fsp3) is 0.545. The topological polar surface area (TPSA) is 0 Å². The van der Waals surface area contributed by atoms with Crippen molar-refractivity contribution in [2.75, 3.05) is 0 Å². The summed E-state index contributed by atoms with van der Waals surface area (Å²) in [6, 6.07) is 43.3. The molecule has 0 heterocycles. The smallest absolute Gasteiger partial charge is 0.0162 e. The van der Waals surface area contributed by atoms with E-state index in [2.05, 4.69) is 122 Å². The van der Waals surface area contributed by atoms with Crippen molar-refractivity contribution in [1.82, 2.24) is 0 Å². The molecule has 10 fully saturated rings. The van der Waals surface area contributed by atoms with Crippen LogP contribution in [0.2, 0.25) is 13.1 Å². The summed E-state index contributed by atoms with van der Waals surface area (Å²) in [5, 5.41) is 5.83. The first-order chi connectivity index (χ1) is 34.3. The van der Waals surface area contributed by atoms with Crippen molar-refractivity contribution >= 4 is 48.1 Å². The van der Waals surface area contributed by atoms with Gasteiger partial charge in [-0.2, -0.15) is 12.1 Å². The third kappa shape index (κ3) is 11.1. The maximum Gasteiger partial charge on any atom is -0.0162 e. The molecular weight excluding hydrogens is 983 g/mol. The van der Waals surface area contributed by atoms with Crippen LogP contribution in [0.1, 0.15) is 175 Å². The van der Waals surface area contributed by atoms with Gasteiger partial charge in [-0.15, -0.1) is 69.1 Å². The summed E-state index contributed by atoms with van der Waals surface area (Å²) in [6.45, 7) is 4.31. The fourth-order valence-electron chi connectivity index (χ4n) is 17.9. The molecule has 16 rings (SSSR count). The Morgan fingerprint density at radius 1 is 0.471 bits per heavy atom. The number of hydrogen-bond acceptors (Lipinski definition) is 0. The van der Waals surface area contributed by atoms with Crippen LogP contribution >= 0.6 is 17.0 Å². The van der Waals surface area contributed by atoms with Gasteiger partial charge in [-0.05, 0) is 196 Å². The van der Waals surface area contributed by atoms with Crippen molar-refractivity contribution in [2.45, 2.75) is 179 Å². The van der Waals surface area contributed by atoms with Crippen LogP contribution < -0.4 is 0 Å². The molecule has 0 N–H and O–H groups in total. The average Bonchev–Trinajstić information content (AvgIpc) is 3.97. The van der Waals surface area contributed by atoms with Gasteiger partial charge < -0.3 is 0 Å². The van der Waals surface area contributed by atoms with Gasteiger partial charge in [0.25, 0.3) is 0 Å². The van der Waals surface area contributed by atoms with Crippen molar-refractivity contribution in [3.63, 3.8) is 0 Å². The van der Waals surface area contributed by atoms with Crippen molar-refractivity contribution in [3.8, 4) is 22.3 Å². The van der Waals surface area contributed by atoms with Gasteiger partial charge in [-0.25, -0.2) is 0 Å². The van der Waals surface area contributed by atoms with Crippen molar-refractivity contribution in [3.05, 3.63) is 131 Å². The first kappa shape index (κ1) is 50.0. The Morgan fingerprint density at radius 3 is 1.10 bits per heavy atom. The molecule has 0 aromatic heterocycles. The van der Waals surface area contributed by atoms with E-state index < -0.39 is 20.8 Å². The predicted octanol–water partition coefficient (Wildman–Crippen LogP) is 20.2. The van der Waals surface area contributed by atoms with E-state index in [1.807, 2.05) is 0 Å². The van der Waals surface area contributed by atoms with E-state index in [-0.39, 0.29) is 0 Å². The Balaban J connectivity index is 0.000000137. The first-order valence-electron chi connectivity index (χ1n) is 28.4. The third-order valence-corrected chi connectivity index (χ3v) is 19.7. The summed E-state index contributed by atoms with van der Waals surface area (Å²) in [4.78, 5) is 0. The van der Waals surface area contributed by atoms with Crippen LogP contribution in [-0.2, 0) is 33.7 Å². The molecular formula is C66H80Cl2SiZr. The van der Waals surface area contributed by atoms with E-state index in [1.165, 1.54) is 159 Å². The van der Waals surface area contributed by atoms with E-state index >= 15 is 0 Å². The Labute approximate surface area is 444 Å². The molecule has 0 aliphatic heterocycles. The molecule has 70 heavy (non-hydrogen) atoms. The minimum Gasteiger partial charge on any atom is -0.164 e. The molecule has 0 amide bonds. The summed E-state index contributed by atoms with van der Waals surface area (Å²) < 4.78 is 0. The van der Waals surface area contributed by atoms with Crippen molar-refractivity contribution < 1.29 is 20.8 Å². The zero-order valence-corrected chi connectivity index (χ0v) is 47.7. The van der Waals surface area contributed by atoms with Crippen LogP contribution in [0.3, 0.4) is 0 Å². The summed E-state index contributed by atoms with van der Waals surface area (Å²) in [5.74, 6) is 7.85. The molecule has 0 nitrogen and oxygen atoms in total. The van der Waals surface area contributed by atoms with Gasteiger partial charge in [0.15, 0.2) is 0 Å². The molecule has 10 aliphatic carbocycles. The monoisotopic (exact) mass is 1060 g/mol. The number of hydrogen-bond donors (Lipinski definition) is 0. The average molecular weight is 1060 g/mol. The summed E-state index contributed by atoms with van der Waals surface area (Å²) in [6.07, 6.45) is 35.0. The quantitative estimate of drug-likeness (QED) is 0.105. The maximum absolute atomic E-state index is 4.93. The second-order valence-corrected chi connectivity index (χ2v) is 29.7.